The molecular weight excluding hydrogens is 337 g/mol. The number of alkyl halides is 1. The lowest BCUT2D eigenvalue weighted by Gasteiger charge is -2.22. The molecule has 0 bridgehead atoms. The van der Waals surface area contributed by atoms with Crippen molar-refractivity contribution in [1.29, 1.82) is 0 Å². The van der Waals surface area contributed by atoms with Crippen LogP contribution in [0.5, 0.6) is 0 Å². The van der Waals surface area contributed by atoms with Crippen molar-refractivity contribution in [1.82, 2.24) is 5.32 Å². The van der Waals surface area contributed by atoms with Crippen LogP contribution in [0, 0.1) is 5.92 Å². The fraction of sp³-hybridized carbons (Fsp3) is 0.533. The van der Waals surface area contributed by atoms with Crippen molar-refractivity contribution < 1.29 is 4.79 Å². The Balaban J connectivity index is 2.76. The van der Waals surface area contributed by atoms with E-state index >= 15 is 0 Å². The van der Waals surface area contributed by atoms with Crippen LogP contribution in [0.2, 0.25) is 0 Å². The van der Waals surface area contributed by atoms with Gasteiger partial charge in [-0.25, -0.2) is 0 Å². The predicted molar refractivity (Wildman–Crippen MR) is 85.2 cm³/mol. The maximum atomic E-state index is 12.3. The van der Waals surface area contributed by atoms with E-state index in [1.165, 1.54) is 0 Å². The van der Waals surface area contributed by atoms with Crippen molar-refractivity contribution in [2.24, 2.45) is 5.92 Å². The Morgan fingerprint density at radius 3 is 2.56 bits per heavy atom. The molecule has 0 saturated carbocycles. The van der Waals surface area contributed by atoms with Crippen LogP contribution < -0.4 is 5.32 Å². The lowest BCUT2D eigenvalue weighted by molar-refractivity contribution is -0.123. The van der Waals surface area contributed by atoms with E-state index in [4.69, 9.17) is 0 Å². The Labute approximate surface area is 124 Å². The minimum absolute atomic E-state index is 0.0228. The molecule has 18 heavy (non-hydrogen) atoms. The zero-order chi connectivity index (χ0) is 13.4. The molecule has 1 rings (SSSR count). The summed E-state index contributed by atoms with van der Waals surface area (Å²) in [6.45, 7) is 5.07. The Morgan fingerprint density at radius 1 is 1.33 bits per heavy atom. The largest absolute Gasteiger partial charge is 0.356 e. The molecular formula is C15H22INO. The highest BCUT2D eigenvalue weighted by Gasteiger charge is 2.25. The second kappa shape index (κ2) is 8.51. The highest BCUT2D eigenvalue weighted by atomic mass is 127. The van der Waals surface area contributed by atoms with Gasteiger partial charge >= 0.3 is 0 Å². The number of halogens is 1. The molecule has 100 valence electrons. The van der Waals surface area contributed by atoms with Crippen LogP contribution in [-0.2, 0) is 4.79 Å². The van der Waals surface area contributed by atoms with E-state index in [1.54, 1.807) is 0 Å². The minimum atomic E-state index is -0.0228. The number of nitrogens with one attached hydrogen (secondary N) is 1. The number of hydrogen-bond acceptors (Lipinski definition) is 1. The molecule has 1 amide bonds. The van der Waals surface area contributed by atoms with Crippen molar-refractivity contribution in [3.63, 3.8) is 0 Å². The van der Waals surface area contributed by atoms with Gasteiger partial charge in [0, 0.05) is 11.0 Å². The number of amides is 1. The van der Waals surface area contributed by atoms with Gasteiger partial charge in [-0.1, -0.05) is 73.2 Å². The van der Waals surface area contributed by atoms with Gasteiger partial charge in [-0.2, -0.15) is 0 Å². The summed E-state index contributed by atoms with van der Waals surface area (Å²) in [7, 11) is 0. The van der Waals surface area contributed by atoms with Crippen molar-refractivity contribution in [2.75, 3.05) is 11.0 Å². The Hall–Kier alpha value is -0.580. The molecule has 0 fully saturated rings. The molecule has 0 saturated heterocycles. The van der Waals surface area contributed by atoms with Gasteiger partial charge in [-0.05, 0) is 17.9 Å². The Kier molecular flexibility index (Phi) is 7.32. The van der Waals surface area contributed by atoms with Gasteiger partial charge in [0.1, 0.15) is 0 Å². The van der Waals surface area contributed by atoms with E-state index in [-0.39, 0.29) is 11.8 Å². The molecule has 0 aromatic heterocycles. The van der Waals surface area contributed by atoms with Crippen LogP contribution in [0.1, 0.15) is 38.2 Å². The van der Waals surface area contributed by atoms with Gasteiger partial charge < -0.3 is 5.32 Å². The van der Waals surface area contributed by atoms with Gasteiger partial charge in [0.2, 0.25) is 5.91 Å². The first-order valence-corrected chi connectivity index (χ1v) is 8.11. The lowest BCUT2D eigenvalue weighted by Crippen LogP contribution is -2.33. The fourth-order valence-corrected chi connectivity index (χ4v) is 2.40. The zero-order valence-corrected chi connectivity index (χ0v) is 13.3. The van der Waals surface area contributed by atoms with Gasteiger partial charge in [0.25, 0.3) is 0 Å². The van der Waals surface area contributed by atoms with Gasteiger partial charge in [0.15, 0.2) is 0 Å². The van der Waals surface area contributed by atoms with E-state index < -0.39 is 0 Å². The normalized spacial score (nSPS) is 13.9. The average Bonchev–Trinajstić information content (AvgIpc) is 2.40. The van der Waals surface area contributed by atoms with E-state index in [0.717, 1.165) is 29.4 Å². The molecule has 0 aliphatic heterocycles. The highest BCUT2D eigenvalue weighted by Crippen LogP contribution is 2.27. The summed E-state index contributed by atoms with van der Waals surface area (Å²) in [5.74, 6) is 0.512. The molecule has 3 heteroatoms. The number of benzene rings is 1. The summed E-state index contributed by atoms with van der Waals surface area (Å²) in [6, 6.07) is 10.1. The smallest absolute Gasteiger partial charge is 0.227 e. The first kappa shape index (κ1) is 15.5. The summed E-state index contributed by atoms with van der Waals surface area (Å²) in [4.78, 5) is 12.3. The first-order valence-electron chi connectivity index (χ1n) is 6.59. The minimum Gasteiger partial charge on any atom is -0.356 e. The number of rotatable bonds is 7. The van der Waals surface area contributed by atoms with Crippen LogP contribution in [0.25, 0.3) is 0 Å². The third-order valence-corrected chi connectivity index (χ3v) is 4.03. The third-order valence-electron chi connectivity index (χ3n) is 3.26. The molecule has 2 nitrogen and oxygen atoms in total. The molecule has 0 radical (unpaired) electrons. The second-order valence-electron chi connectivity index (χ2n) is 4.61. The zero-order valence-electron chi connectivity index (χ0n) is 11.2. The summed E-state index contributed by atoms with van der Waals surface area (Å²) in [6.07, 6.45) is 2.05. The summed E-state index contributed by atoms with van der Waals surface area (Å²) >= 11 is 2.33. The maximum Gasteiger partial charge on any atom is 0.227 e. The van der Waals surface area contributed by atoms with Crippen molar-refractivity contribution >= 4 is 28.5 Å². The topological polar surface area (TPSA) is 29.1 Å². The Bertz CT molecular complexity index is 353. The van der Waals surface area contributed by atoms with Crippen LogP contribution in [0.4, 0.5) is 0 Å². The van der Waals surface area contributed by atoms with Crippen molar-refractivity contribution in [3.05, 3.63) is 35.9 Å². The standard InChI is InChI=1S/C15H22INO/c1-3-12(2)14(13-8-5-4-6-9-13)15(18)17-11-7-10-16/h4-6,8-9,12,14H,3,7,10-11H2,1-2H3,(H,17,18). The van der Waals surface area contributed by atoms with Crippen molar-refractivity contribution in [2.45, 2.75) is 32.6 Å². The van der Waals surface area contributed by atoms with Gasteiger partial charge in [0.05, 0.1) is 5.92 Å². The van der Waals surface area contributed by atoms with E-state index in [1.807, 2.05) is 18.2 Å². The number of carbonyl (C=O) groups excluding carboxylic acids is 1. The maximum absolute atomic E-state index is 12.3. The second-order valence-corrected chi connectivity index (χ2v) is 5.69. The van der Waals surface area contributed by atoms with E-state index in [0.29, 0.717) is 5.92 Å². The number of hydrogen-bond donors (Lipinski definition) is 1. The van der Waals surface area contributed by atoms with E-state index in [2.05, 4.69) is 53.9 Å². The monoisotopic (exact) mass is 359 g/mol. The van der Waals surface area contributed by atoms with Gasteiger partial charge in [-0.3, -0.25) is 4.79 Å². The summed E-state index contributed by atoms with van der Waals surface area (Å²) in [5.41, 5.74) is 1.12. The summed E-state index contributed by atoms with van der Waals surface area (Å²) < 4.78 is 1.08. The third kappa shape index (κ3) is 4.59. The molecule has 1 aromatic carbocycles. The molecule has 0 spiro atoms. The fourth-order valence-electron chi connectivity index (χ4n) is 2.02. The number of carbonyl (C=O) groups is 1. The molecule has 0 heterocycles. The predicted octanol–water partition coefficient (Wildman–Crippen LogP) is 3.76. The van der Waals surface area contributed by atoms with Crippen molar-refractivity contribution in [3.8, 4) is 0 Å². The quantitative estimate of drug-likeness (QED) is 0.448. The molecule has 2 unspecified atom stereocenters. The highest BCUT2D eigenvalue weighted by molar-refractivity contribution is 14.1. The molecule has 1 N–H and O–H groups in total. The average molecular weight is 359 g/mol. The van der Waals surface area contributed by atoms with Gasteiger partial charge in [-0.15, -0.1) is 0 Å². The molecule has 1 aromatic rings. The lowest BCUT2D eigenvalue weighted by atomic mass is 9.85. The molecule has 2 atom stereocenters. The SMILES string of the molecule is CCC(C)C(C(=O)NCCCI)c1ccccc1. The first-order chi connectivity index (χ1) is 8.70. The van der Waals surface area contributed by atoms with Crippen LogP contribution >= 0.6 is 22.6 Å². The van der Waals surface area contributed by atoms with Crippen LogP contribution in [-0.4, -0.2) is 16.9 Å². The van der Waals surface area contributed by atoms with E-state index in [9.17, 15) is 4.79 Å². The summed E-state index contributed by atoms with van der Waals surface area (Å²) in [5, 5.41) is 3.05. The van der Waals surface area contributed by atoms with Crippen LogP contribution in [0.3, 0.4) is 0 Å². The Morgan fingerprint density at radius 2 is 2.00 bits per heavy atom. The molecule has 0 aliphatic carbocycles. The van der Waals surface area contributed by atoms with Crippen LogP contribution in [0.15, 0.2) is 30.3 Å². The molecule has 0 aliphatic rings.